The summed E-state index contributed by atoms with van der Waals surface area (Å²) in [5.41, 5.74) is 1.17. The zero-order valence-corrected chi connectivity index (χ0v) is 10.6. The van der Waals surface area contributed by atoms with E-state index in [1.165, 1.54) is 5.56 Å². The normalized spacial score (nSPS) is 11.9. The summed E-state index contributed by atoms with van der Waals surface area (Å²) in [6.07, 6.45) is 7.01. The molecule has 5 heteroatoms. The Morgan fingerprint density at radius 2 is 1.83 bits per heavy atom. The molecule has 0 aromatic carbocycles. The van der Waals surface area contributed by atoms with E-state index >= 15 is 0 Å². The van der Waals surface area contributed by atoms with Crippen LogP contribution in [0.4, 0.5) is 11.6 Å². The number of hydrogen-bond donors (Lipinski definition) is 2. The van der Waals surface area contributed by atoms with Crippen LogP contribution in [0.5, 0.6) is 0 Å². The van der Waals surface area contributed by atoms with Crippen LogP contribution >= 0.6 is 0 Å². The summed E-state index contributed by atoms with van der Waals surface area (Å²) in [4.78, 5) is 12.6. The maximum atomic E-state index is 4.43. The molecule has 1 atom stereocenters. The summed E-state index contributed by atoms with van der Waals surface area (Å²) in [6.45, 7) is 4.94. The first-order valence-corrected chi connectivity index (χ1v) is 6.02. The number of aromatic nitrogens is 3. The first kappa shape index (κ1) is 12.3. The highest BCUT2D eigenvalue weighted by molar-refractivity contribution is 5.43. The Balaban J connectivity index is 2.07. The molecule has 18 heavy (non-hydrogen) atoms. The summed E-state index contributed by atoms with van der Waals surface area (Å²) in [5.74, 6) is 1.54. The lowest BCUT2D eigenvalue weighted by Crippen LogP contribution is -2.09. The van der Waals surface area contributed by atoms with Crippen LogP contribution in [0.25, 0.3) is 0 Å². The Kier molecular flexibility index (Phi) is 4.06. The van der Waals surface area contributed by atoms with E-state index in [1.807, 2.05) is 19.1 Å². The summed E-state index contributed by atoms with van der Waals surface area (Å²) in [5, 5.41) is 6.45. The highest BCUT2D eigenvalue weighted by atomic mass is 15.1. The van der Waals surface area contributed by atoms with Gasteiger partial charge in [-0.15, -0.1) is 0 Å². The second-order valence-corrected chi connectivity index (χ2v) is 3.97. The average Bonchev–Trinajstić information content (AvgIpc) is 2.40. The van der Waals surface area contributed by atoms with Gasteiger partial charge in [0.15, 0.2) is 0 Å². The molecule has 0 amide bonds. The van der Waals surface area contributed by atoms with Gasteiger partial charge in [0.1, 0.15) is 11.6 Å². The highest BCUT2D eigenvalue weighted by Gasteiger charge is 2.06. The third kappa shape index (κ3) is 3.16. The van der Waals surface area contributed by atoms with E-state index in [9.17, 15) is 0 Å². The van der Waals surface area contributed by atoms with E-state index < -0.39 is 0 Å². The molecule has 2 heterocycles. The molecular formula is C13H17N5. The molecule has 94 valence electrons. The van der Waals surface area contributed by atoms with Crippen LogP contribution in [0.15, 0.2) is 36.9 Å². The standard InChI is InChI=1S/C13H17N5/c1-3-16-12-8-15-9-13(18-12)17-10(2)11-4-6-14-7-5-11/h4-10H,3H2,1-2H3,(H2,16,17,18). The Hall–Kier alpha value is -2.17. The number of anilines is 2. The quantitative estimate of drug-likeness (QED) is 0.844. The molecule has 0 aliphatic rings. The average molecular weight is 243 g/mol. The van der Waals surface area contributed by atoms with E-state index in [0.29, 0.717) is 0 Å². The smallest absolute Gasteiger partial charge is 0.147 e. The third-order valence-electron chi connectivity index (χ3n) is 2.56. The van der Waals surface area contributed by atoms with Crippen LogP contribution in [0.1, 0.15) is 25.5 Å². The second kappa shape index (κ2) is 5.95. The lowest BCUT2D eigenvalue weighted by atomic mass is 10.1. The number of pyridine rings is 1. The molecular weight excluding hydrogens is 226 g/mol. The van der Waals surface area contributed by atoms with Crippen molar-refractivity contribution in [3.8, 4) is 0 Å². The van der Waals surface area contributed by atoms with Crippen molar-refractivity contribution in [2.45, 2.75) is 19.9 Å². The molecule has 0 fully saturated rings. The minimum atomic E-state index is 0.166. The van der Waals surface area contributed by atoms with Crippen molar-refractivity contribution < 1.29 is 0 Å². The van der Waals surface area contributed by atoms with Crippen molar-refractivity contribution >= 4 is 11.6 Å². The molecule has 2 N–H and O–H groups in total. The van der Waals surface area contributed by atoms with E-state index in [0.717, 1.165) is 18.2 Å². The molecule has 5 nitrogen and oxygen atoms in total. The first-order valence-electron chi connectivity index (χ1n) is 6.02. The fourth-order valence-corrected chi connectivity index (χ4v) is 1.66. The maximum absolute atomic E-state index is 4.43. The van der Waals surface area contributed by atoms with Gasteiger partial charge in [-0.2, -0.15) is 0 Å². The maximum Gasteiger partial charge on any atom is 0.147 e. The molecule has 0 bridgehead atoms. The molecule has 0 aliphatic carbocycles. The first-order chi connectivity index (χ1) is 8.79. The van der Waals surface area contributed by atoms with E-state index in [2.05, 4.69) is 32.5 Å². The third-order valence-corrected chi connectivity index (χ3v) is 2.56. The molecule has 2 aromatic rings. The molecule has 1 unspecified atom stereocenters. The van der Waals surface area contributed by atoms with Gasteiger partial charge in [0.2, 0.25) is 0 Å². The van der Waals surface area contributed by atoms with Crippen molar-refractivity contribution in [2.24, 2.45) is 0 Å². The van der Waals surface area contributed by atoms with Gasteiger partial charge in [0.05, 0.1) is 18.4 Å². The van der Waals surface area contributed by atoms with Crippen molar-refractivity contribution in [2.75, 3.05) is 17.2 Å². The molecule has 0 spiro atoms. The van der Waals surface area contributed by atoms with E-state index in [1.54, 1.807) is 24.8 Å². The minimum absolute atomic E-state index is 0.166. The van der Waals surface area contributed by atoms with Gasteiger partial charge in [0, 0.05) is 18.9 Å². The predicted molar refractivity (Wildman–Crippen MR) is 72.5 cm³/mol. The van der Waals surface area contributed by atoms with Crippen LogP contribution in [0.2, 0.25) is 0 Å². The van der Waals surface area contributed by atoms with Crippen LogP contribution in [0.3, 0.4) is 0 Å². The zero-order valence-electron chi connectivity index (χ0n) is 10.6. The van der Waals surface area contributed by atoms with Crippen molar-refractivity contribution in [3.05, 3.63) is 42.5 Å². The fraction of sp³-hybridized carbons (Fsp3) is 0.308. The molecule has 2 aromatic heterocycles. The highest BCUT2D eigenvalue weighted by Crippen LogP contribution is 2.17. The van der Waals surface area contributed by atoms with E-state index in [-0.39, 0.29) is 6.04 Å². The number of nitrogens with one attached hydrogen (secondary N) is 2. The zero-order chi connectivity index (χ0) is 12.8. The molecule has 0 saturated carbocycles. The largest absolute Gasteiger partial charge is 0.369 e. The van der Waals surface area contributed by atoms with Gasteiger partial charge in [-0.1, -0.05) is 0 Å². The molecule has 2 rings (SSSR count). The summed E-state index contributed by atoms with van der Waals surface area (Å²) in [7, 11) is 0. The van der Waals surface area contributed by atoms with Crippen LogP contribution < -0.4 is 10.6 Å². The molecule has 0 radical (unpaired) electrons. The van der Waals surface area contributed by atoms with Gasteiger partial charge in [-0.05, 0) is 31.5 Å². The Morgan fingerprint density at radius 1 is 1.11 bits per heavy atom. The van der Waals surface area contributed by atoms with Crippen molar-refractivity contribution in [3.63, 3.8) is 0 Å². The Bertz CT molecular complexity index is 486. The van der Waals surface area contributed by atoms with Gasteiger partial charge < -0.3 is 10.6 Å². The minimum Gasteiger partial charge on any atom is -0.369 e. The monoisotopic (exact) mass is 243 g/mol. The Labute approximate surface area is 107 Å². The lowest BCUT2D eigenvalue weighted by molar-refractivity contribution is 0.868. The number of rotatable bonds is 5. The SMILES string of the molecule is CCNc1cncc(NC(C)c2ccncc2)n1. The summed E-state index contributed by atoms with van der Waals surface area (Å²) < 4.78 is 0. The summed E-state index contributed by atoms with van der Waals surface area (Å²) >= 11 is 0. The van der Waals surface area contributed by atoms with Crippen LogP contribution in [-0.2, 0) is 0 Å². The molecule has 0 saturated heterocycles. The van der Waals surface area contributed by atoms with Gasteiger partial charge >= 0.3 is 0 Å². The summed E-state index contributed by atoms with van der Waals surface area (Å²) in [6, 6.07) is 4.14. The van der Waals surface area contributed by atoms with Gasteiger partial charge in [0.25, 0.3) is 0 Å². The Morgan fingerprint density at radius 3 is 2.56 bits per heavy atom. The van der Waals surface area contributed by atoms with Crippen LogP contribution in [0, 0.1) is 0 Å². The second-order valence-electron chi connectivity index (χ2n) is 3.97. The topological polar surface area (TPSA) is 62.7 Å². The lowest BCUT2D eigenvalue weighted by Gasteiger charge is -2.15. The van der Waals surface area contributed by atoms with Crippen LogP contribution in [-0.4, -0.2) is 21.5 Å². The van der Waals surface area contributed by atoms with Crippen molar-refractivity contribution in [1.29, 1.82) is 0 Å². The fourth-order valence-electron chi connectivity index (χ4n) is 1.66. The predicted octanol–water partition coefficient (Wildman–Crippen LogP) is 2.48. The van der Waals surface area contributed by atoms with Gasteiger partial charge in [-0.3, -0.25) is 9.97 Å². The number of hydrogen-bond acceptors (Lipinski definition) is 5. The van der Waals surface area contributed by atoms with Gasteiger partial charge in [-0.25, -0.2) is 4.98 Å². The molecule has 0 aliphatic heterocycles. The van der Waals surface area contributed by atoms with E-state index in [4.69, 9.17) is 0 Å². The number of nitrogens with zero attached hydrogens (tertiary/aromatic N) is 3. The van der Waals surface area contributed by atoms with Crippen molar-refractivity contribution in [1.82, 2.24) is 15.0 Å².